The van der Waals surface area contributed by atoms with Gasteiger partial charge in [0.1, 0.15) is 5.82 Å². The van der Waals surface area contributed by atoms with E-state index in [4.69, 9.17) is 0 Å². The summed E-state index contributed by atoms with van der Waals surface area (Å²) in [4.78, 5) is 0.154. The fraction of sp³-hybridized carbons (Fsp3) is 0.294. The quantitative estimate of drug-likeness (QED) is 0.872. The molecule has 0 saturated heterocycles. The summed E-state index contributed by atoms with van der Waals surface area (Å²) in [5.41, 5.74) is -0.550. The van der Waals surface area contributed by atoms with Gasteiger partial charge >= 0.3 is 0 Å². The van der Waals surface area contributed by atoms with Gasteiger partial charge in [0.15, 0.2) is 9.84 Å². The summed E-state index contributed by atoms with van der Waals surface area (Å²) in [6.45, 7) is -0.912. The number of benzene rings is 2. The number of halogens is 1. The highest BCUT2D eigenvalue weighted by atomic mass is 32.2. The molecule has 0 aliphatic heterocycles. The molecule has 0 unspecified atom stereocenters. The number of aliphatic hydroxyl groups is 2. The number of hydrogen-bond acceptors (Lipinski definition) is 4. The molecule has 3 rings (SSSR count). The van der Waals surface area contributed by atoms with Gasteiger partial charge in [-0.3, -0.25) is 0 Å². The molecule has 6 heteroatoms. The first kappa shape index (κ1) is 16.1. The molecule has 0 amide bonds. The van der Waals surface area contributed by atoms with E-state index >= 15 is 0 Å². The summed E-state index contributed by atoms with van der Waals surface area (Å²) < 4.78 is 38.9. The maximum atomic E-state index is 13.1. The predicted octanol–water partition coefficient (Wildman–Crippen LogP) is 1.74. The Morgan fingerprint density at radius 2 is 1.52 bits per heavy atom. The van der Waals surface area contributed by atoms with Gasteiger partial charge in [0, 0.05) is 11.3 Å². The lowest BCUT2D eigenvalue weighted by Crippen LogP contribution is -2.22. The van der Waals surface area contributed by atoms with E-state index in [0.29, 0.717) is 5.56 Å². The van der Waals surface area contributed by atoms with E-state index in [1.807, 2.05) is 0 Å². The molecule has 0 bridgehead atoms. The zero-order valence-corrected chi connectivity index (χ0v) is 13.1. The molecule has 1 saturated carbocycles. The summed E-state index contributed by atoms with van der Waals surface area (Å²) in [6, 6.07) is 13.5. The van der Waals surface area contributed by atoms with E-state index in [1.54, 1.807) is 18.2 Å². The minimum Gasteiger partial charge on any atom is -0.396 e. The molecule has 1 aliphatic carbocycles. The fourth-order valence-electron chi connectivity index (χ4n) is 3.30. The van der Waals surface area contributed by atoms with Gasteiger partial charge in [-0.1, -0.05) is 30.3 Å². The van der Waals surface area contributed by atoms with Crippen molar-refractivity contribution in [3.05, 3.63) is 66.0 Å². The third-order valence-electron chi connectivity index (χ3n) is 4.60. The van der Waals surface area contributed by atoms with E-state index in [2.05, 4.69) is 0 Å². The number of aliphatic hydroxyl groups excluding tert-OH is 2. The Bertz CT molecular complexity index is 783. The largest absolute Gasteiger partial charge is 0.396 e. The van der Waals surface area contributed by atoms with Gasteiger partial charge in [0.25, 0.3) is 0 Å². The van der Waals surface area contributed by atoms with Crippen molar-refractivity contribution >= 4 is 9.84 Å². The van der Waals surface area contributed by atoms with Crippen LogP contribution in [0.3, 0.4) is 0 Å². The van der Waals surface area contributed by atoms with Crippen LogP contribution in [0.15, 0.2) is 59.5 Å². The maximum absolute atomic E-state index is 13.1. The molecule has 0 heterocycles. The van der Waals surface area contributed by atoms with Crippen LogP contribution >= 0.6 is 0 Å². The summed E-state index contributed by atoms with van der Waals surface area (Å²) in [5, 5.41) is 18.5. The standard InChI is InChI=1S/C17H17FO4S/c18-13-8-6-12(7-9-13)15-16(17(15,10-19)11-20)23(21,22)14-4-2-1-3-5-14/h1-9,15-16,19-20H,10-11H2/t15-,16-/m0/s1. The SMILES string of the molecule is O=S(=O)(c1ccccc1)[C@H]1[C@H](c2ccc(F)cc2)C1(CO)CO. The highest BCUT2D eigenvalue weighted by Gasteiger charge is 2.70. The Morgan fingerprint density at radius 1 is 0.957 bits per heavy atom. The van der Waals surface area contributed by atoms with Crippen LogP contribution in [0.5, 0.6) is 0 Å². The fourth-order valence-corrected chi connectivity index (χ4v) is 5.75. The summed E-state index contributed by atoms with van der Waals surface area (Å²) in [5.74, 6) is -0.987. The van der Waals surface area contributed by atoms with Gasteiger partial charge in [-0.25, -0.2) is 12.8 Å². The van der Waals surface area contributed by atoms with E-state index in [0.717, 1.165) is 0 Å². The Kier molecular flexibility index (Phi) is 4.00. The van der Waals surface area contributed by atoms with Crippen molar-refractivity contribution in [2.75, 3.05) is 13.2 Å². The molecule has 2 aromatic rings. The number of rotatable bonds is 5. The molecule has 23 heavy (non-hydrogen) atoms. The molecule has 122 valence electrons. The van der Waals surface area contributed by atoms with Crippen LogP contribution in [-0.2, 0) is 9.84 Å². The van der Waals surface area contributed by atoms with Crippen LogP contribution in [0.2, 0.25) is 0 Å². The summed E-state index contributed by atoms with van der Waals surface area (Å²) in [7, 11) is -3.72. The second kappa shape index (κ2) is 5.70. The van der Waals surface area contributed by atoms with Crippen LogP contribution in [-0.4, -0.2) is 37.1 Å². The van der Waals surface area contributed by atoms with Gasteiger partial charge in [0.05, 0.1) is 23.4 Å². The highest BCUT2D eigenvalue weighted by molar-refractivity contribution is 7.92. The second-order valence-corrected chi connectivity index (χ2v) is 7.93. The lowest BCUT2D eigenvalue weighted by Gasteiger charge is -2.11. The topological polar surface area (TPSA) is 74.6 Å². The van der Waals surface area contributed by atoms with Crippen molar-refractivity contribution in [2.24, 2.45) is 5.41 Å². The zero-order valence-electron chi connectivity index (χ0n) is 12.3. The van der Waals surface area contributed by atoms with Gasteiger partial charge in [-0.05, 0) is 29.8 Å². The van der Waals surface area contributed by atoms with Crippen molar-refractivity contribution in [3.63, 3.8) is 0 Å². The monoisotopic (exact) mass is 336 g/mol. The van der Waals surface area contributed by atoms with Crippen molar-refractivity contribution in [1.29, 1.82) is 0 Å². The molecular weight excluding hydrogens is 319 g/mol. The Labute approximate surface area is 134 Å². The lowest BCUT2D eigenvalue weighted by atomic mass is 10.0. The van der Waals surface area contributed by atoms with Gasteiger partial charge in [-0.2, -0.15) is 0 Å². The van der Waals surface area contributed by atoms with Gasteiger partial charge in [0.2, 0.25) is 0 Å². The van der Waals surface area contributed by atoms with Crippen LogP contribution < -0.4 is 0 Å². The molecule has 2 N–H and O–H groups in total. The van der Waals surface area contributed by atoms with Crippen LogP contribution in [0.25, 0.3) is 0 Å². The van der Waals surface area contributed by atoms with Crippen LogP contribution in [0.4, 0.5) is 4.39 Å². The van der Waals surface area contributed by atoms with Crippen molar-refractivity contribution in [2.45, 2.75) is 16.1 Å². The molecule has 2 aromatic carbocycles. The summed E-state index contributed by atoms with van der Waals surface area (Å²) >= 11 is 0. The van der Waals surface area contributed by atoms with Gasteiger partial charge < -0.3 is 10.2 Å². The number of hydrogen-bond donors (Lipinski definition) is 2. The minimum absolute atomic E-state index is 0.154. The first-order valence-electron chi connectivity index (χ1n) is 7.23. The van der Waals surface area contributed by atoms with E-state index in [-0.39, 0.29) is 4.90 Å². The van der Waals surface area contributed by atoms with Gasteiger partial charge in [-0.15, -0.1) is 0 Å². The molecule has 0 aromatic heterocycles. The normalized spacial score (nSPS) is 22.7. The molecule has 0 radical (unpaired) electrons. The molecule has 4 nitrogen and oxygen atoms in total. The molecular formula is C17H17FO4S. The average molecular weight is 336 g/mol. The van der Waals surface area contributed by atoms with Crippen molar-refractivity contribution in [3.8, 4) is 0 Å². The molecule has 0 spiro atoms. The third-order valence-corrected chi connectivity index (χ3v) is 6.94. The third kappa shape index (κ3) is 2.47. The Balaban J connectivity index is 2.05. The van der Waals surface area contributed by atoms with Crippen molar-refractivity contribution in [1.82, 2.24) is 0 Å². The predicted molar refractivity (Wildman–Crippen MR) is 83.2 cm³/mol. The average Bonchev–Trinajstić information content (AvgIpc) is 3.27. The maximum Gasteiger partial charge on any atom is 0.182 e. The Hall–Kier alpha value is -1.76. The second-order valence-electron chi connectivity index (χ2n) is 5.86. The summed E-state index contributed by atoms with van der Waals surface area (Å²) in [6.07, 6.45) is 0. The molecule has 1 fully saturated rings. The van der Waals surface area contributed by atoms with Crippen LogP contribution in [0.1, 0.15) is 11.5 Å². The Morgan fingerprint density at radius 3 is 2.04 bits per heavy atom. The minimum atomic E-state index is -3.72. The highest BCUT2D eigenvalue weighted by Crippen LogP contribution is 2.63. The first-order valence-corrected chi connectivity index (χ1v) is 8.78. The smallest absolute Gasteiger partial charge is 0.182 e. The molecule has 2 atom stereocenters. The first-order chi connectivity index (χ1) is 11.0. The van der Waals surface area contributed by atoms with Crippen LogP contribution in [0, 0.1) is 11.2 Å². The molecule has 1 aliphatic rings. The number of sulfone groups is 1. The zero-order chi connectivity index (χ0) is 16.7. The van der Waals surface area contributed by atoms with Crippen molar-refractivity contribution < 1.29 is 23.0 Å². The van der Waals surface area contributed by atoms with E-state index in [9.17, 15) is 23.0 Å². The van der Waals surface area contributed by atoms with E-state index in [1.165, 1.54) is 36.4 Å². The lowest BCUT2D eigenvalue weighted by molar-refractivity contribution is 0.130. The van der Waals surface area contributed by atoms with E-state index < -0.39 is 45.5 Å².